The summed E-state index contributed by atoms with van der Waals surface area (Å²) in [6.07, 6.45) is 5.79. The van der Waals surface area contributed by atoms with Crippen LogP contribution in [0.25, 0.3) is 99.8 Å². The Bertz CT molecular complexity index is 2920. The van der Waals surface area contributed by atoms with Crippen LogP contribution in [0.15, 0.2) is 175 Å². The first-order valence-electron chi connectivity index (χ1n) is 16.9. The lowest BCUT2D eigenvalue weighted by atomic mass is 9.91. The SMILES string of the molecule is c1ccc(-c2nc3cc(-c4cc(-c5cnc6c(ccc7cccnc76)c5)cc(-c5cnc(-c6ccccc6)c6ccccc56)c4)ccc3o2)cc1. The summed E-state index contributed by atoms with van der Waals surface area (Å²) in [7, 11) is 0. The molecule has 0 spiro atoms. The lowest BCUT2D eigenvalue weighted by Crippen LogP contribution is -1.92. The summed E-state index contributed by atoms with van der Waals surface area (Å²) in [4.78, 5) is 19.5. The Hall–Kier alpha value is -6.98. The van der Waals surface area contributed by atoms with E-state index in [1.165, 1.54) is 0 Å². The lowest BCUT2D eigenvalue weighted by Gasteiger charge is -2.15. The highest BCUT2D eigenvalue weighted by molar-refractivity contribution is 6.05. The van der Waals surface area contributed by atoms with E-state index in [-0.39, 0.29) is 0 Å². The molecule has 10 rings (SSSR count). The van der Waals surface area contributed by atoms with Crippen molar-refractivity contribution in [2.45, 2.75) is 0 Å². The van der Waals surface area contributed by atoms with Crippen molar-refractivity contribution in [2.24, 2.45) is 0 Å². The van der Waals surface area contributed by atoms with Crippen molar-refractivity contribution in [3.63, 3.8) is 0 Å². The molecule has 5 heteroatoms. The summed E-state index contributed by atoms with van der Waals surface area (Å²) in [5.41, 5.74) is 12.7. The average molecular weight is 653 g/mol. The fourth-order valence-corrected chi connectivity index (χ4v) is 7.07. The molecule has 6 aromatic carbocycles. The minimum absolute atomic E-state index is 0.609. The third-order valence-electron chi connectivity index (χ3n) is 9.58. The van der Waals surface area contributed by atoms with Gasteiger partial charge in [0.2, 0.25) is 5.89 Å². The van der Waals surface area contributed by atoms with Crippen LogP contribution in [0.3, 0.4) is 0 Å². The topological polar surface area (TPSA) is 64.7 Å². The zero-order valence-corrected chi connectivity index (χ0v) is 27.4. The van der Waals surface area contributed by atoms with Crippen molar-refractivity contribution in [2.75, 3.05) is 0 Å². The average Bonchev–Trinajstić information content (AvgIpc) is 3.64. The zero-order chi connectivity index (χ0) is 33.7. The molecule has 10 aromatic rings. The van der Waals surface area contributed by atoms with Gasteiger partial charge in [-0.15, -0.1) is 0 Å². The molecule has 0 aliphatic rings. The van der Waals surface area contributed by atoms with Crippen molar-refractivity contribution in [1.82, 2.24) is 19.9 Å². The fourth-order valence-electron chi connectivity index (χ4n) is 7.07. The molecular formula is C46H28N4O. The van der Waals surface area contributed by atoms with E-state index in [1.54, 1.807) is 0 Å². The summed E-state index contributed by atoms with van der Waals surface area (Å²) < 4.78 is 6.17. The van der Waals surface area contributed by atoms with Crippen molar-refractivity contribution in [3.8, 4) is 56.1 Å². The van der Waals surface area contributed by atoms with Gasteiger partial charge in [-0.05, 0) is 82.2 Å². The molecule has 0 aliphatic heterocycles. The van der Waals surface area contributed by atoms with Crippen LogP contribution < -0.4 is 0 Å². The minimum atomic E-state index is 0.609. The Morgan fingerprint density at radius 1 is 0.412 bits per heavy atom. The van der Waals surface area contributed by atoms with E-state index in [9.17, 15) is 0 Å². The number of hydrogen-bond acceptors (Lipinski definition) is 5. The monoisotopic (exact) mass is 652 g/mol. The molecule has 4 aromatic heterocycles. The van der Waals surface area contributed by atoms with Crippen molar-refractivity contribution < 1.29 is 4.42 Å². The fraction of sp³-hybridized carbons (Fsp3) is 0. The number of benzene rings is 6. The predicted octanol–water partition coefficient (Wildman–Crippen LogP) is 11.8. The van der Waals surface area contributed by atoms with E-state index in [2.05, 4.69) is 108 Å². The molecular weight excluding hydrogens is 625 g/mol. The first-order valence-corrected chi connectivity index (χ1v) is 16.9. The quantitative estimate of drug-likeness (QED) is 0.173. The van der Waals surface area contributed by atoms with Gasteiger partial charge in [0.25, 0.3) is 0 Å². The lowest BCUT2D eigenvalue weighted by molar-refractivity contribution is 0.620. The molecule has 0 radical (unpaired) electrons. The molecule has 4 heterocycles. The second-order valence-corrected chi connectivity index (χ2v) is 12.7. The third-order valence-corrected chi connectivity index (χ3v) is 9.58. The highest BCUT2D eigenvalue weighted by Gasteiger charge is 2.16. The Kier molecular flexibility index (Phi) is 6.74. The van der Waals surface area contributed by atoms with Gasteiger partial charge in [0.05, 0.1) is 16.7 Å². The Morgan fingerprint density at radius 3 is 1.96 bits per heavy atom. The summed E-state index contributed by atoms with van der Waals surface area (Å²) in [5, 5.41) is 4.37. The maximum atomic E-state index is 6.17. The zero-order valence-electron chi connectivity index (χ0n) is 27.4. The number of oxazole rings is 1. The summed E-state index contributed by atoms with van der Waals surface area (Å²) in [6, 6.07) is 52.4. The van der Waals surface area contributed by atoms with E-state index in [0.29, 0.717) is 5.89 Å². The van der Waals surface area contributed by atoms with Crippen LogP contribution in [0.5, 0.6) is 0 Å². The van der Waals surface area contributed by atoms with Crippen LogP contribution in [0.2, 0.25) is 0 Å². The van der Waals surface area contributed by atoms with E-state index < -0.39 is 0 Å². The van der Waals surface area contributed by atoms with Crippen LogP contribution in [0.4, 0.5) is 0 Å². The third kappa shape index (κ3) is 5.11. The Balaban J connectivity index is 1.17. The summed E-state index contributed by atoms with van der Waals surface area (Å²) in [5.74, 6) is 0.609. The molecule has 0 N–H and O–H groups in total. The number of pyridine rings is 3. The molecule has 0 saturated heterocycles. The van der Waals surface area contributed by atoms with E-state index >= 15 is 0 Å². The highest BCUT2D eigenvalue weighted by atomic mass is 16.3. The molecule has 0 saturated carbocycles. The number of fused-ring (bicyclic) bond motifs is 5. The minimum Gasteiger partial charge on any atom is -0.436 e. The molecule has 0 unspecified atom stereocenters. The molecule has 0 amide bonds. The van der Waals surface area contributed by atoms with Gasteiger partial charge in [0.15, 0.2) is 5.58 Å². The molecule has 0 aliphatic carbocycles. The van der Waals surface area contributed by atoms with Gasteiger partial charge in [0, 0.05) is 57.0 Å². The molecule has 51 heavy (non-hydrogen) atoms. The smallest absolute Gasteiger partial charge is 0.227 e. The molecule has 0 bridgehead atoms. The number of nitrogens with zero attached hydrogens (tertiary/aromatic N) is 4. The molecule has 0 atom stereocenters. The summed E-state index contributed by atoms with van der Waals surface area (Å²) >= 11 is 0. The van der Waals surface area contributed by atoms with Crippen LogP contribution in [0.1, 0.15) is 0 Å². The van der Waals surface area contributed by atoms with Gasteiger partial charge in [0.1, 0.15) is 5.52 Å². The largest absolute Gasteiger partial charge is 0.436 e. The first kappa shape index (κ1) is 29.0. The van der Waals surface area contributed by atoms with Crippen molar-refractivity contribution in [1.29, 1.82) is 0 Å². The maximum Gasteiger partial charge on any atom is 0.227 e. The predicted molar refractivity (Wildman–Crippen MR) is 207 cm³/mol. The van der Waals surface area contributed by atoms with Gasteiger partial charge in [-0.25, -0.2) is 4.98 Å². The first-order chi connectivity index (χ1) is 25.2. The van der Waals surface area contributed by atoms with Crippen LogP contribution >= 0.6 is 0 Å². The van der Waals surface area contributed by atoms with Gasteiger partial charge < -0.3 is 4.42 Å². The molecule has 238 valence electrons. The van der Waals surface area contributed by atoms with Gasteiger partial charge in [-0.3, -0.25) is 15.0 Å². The highest BCUT2D eigenvalue weighted by Crippen LogP contribution is 2.39. The van der Waals surface area contributed by atoms with E-state index in [1.807, 2.05) is 67.1 Å². The number of rotatable bonds is 5. The van der Waals surface area contributed by atoms with Crippen LogP contribution in [-0.2, 0) is 0 Å². The van der Waals surface area contributed by atoms with Crippen molar-refractivity contribution >= 4 is 43.7 Å². The Labute approximate surface area is 293 Å². The van der Waals surface area contributed by atoms with Crippen molar-refractivity contribution in [3.05, 3.63) is 170 Å². The molecule has 0 fully saturated rings. The molecule has 5 nitrogen and oxygen atoms in total. The Morgan fingerprint density at radius 2 is 1.12 bits per heavy atom. The summed E-state index contributed by atoms with van der Waals surface area (Å²) in [6.45, 7) is 0. The number of aromatic nitrogens is 4. The second kappa shape index (κ2) is 11.9. The maximum absolute atomic E-state index is 6.17. The van der Waals surface area contributed by atoms with Gasteiger partial charge >= 0.3 is 0 Å². The van der Waals surface area contributed by atoms with Gasteiger partial charge in [-0.1, -0.05) is 97.1 Å². The number of hydrogen-bond donors (Lipinski definition) is 0. The van der Waals surface area contributed by atoms with Crippen LogP contribution in [0, 0.1) is 0 Å². The van der Waals surface area contributed by atoms with E-state index in [0.717, 1.165) is 93.9 Å². The van der Waals surface area contributed by atoms with Gasteiger partial charge in [-0.2, -0.15) is 0 Å². The standard InChI is InChI=1S/C46H28N4O/c1-3-10-29(11-4-1)43-39-16-8-7-15-38(39)40(28-49-43)36-24-34(32-19-20-42-41(26-32)50-46(51-42)31-12-5-2-6-13-31)23-35(25-36)37-22-33-18-17-30-14-9-21-47-44(30)45(33)48-27-37/h1-28H. The van der Waals surface area contributed by atoms with Crippen LogP contribution in [-0.4, -0.2) is 19.9 Å². The second-order valence-electron chi connectivity index (χ2n) is 12.7. The van der Waals surface area contributed by atoms with E-state index in [4.69, 9.17) is 19.4 Å². The normalized spacial score (nSPS) is 11.5.